The molecule has 102 valence electrons. The maximum Gasteiger partial charge on any atom is 0.216 e. The first-order valence-electron chi connectivity index (χ1n) is 6.13. The first-order valence-corrected chi connectivity index (χ1v) is 6.13. The minimum Gasteiger partial charge on any atom is -0.497 e. The van der Waals surface area contributed by atoms with Crippen molar-refractivity contribution in [3.05, 3.63) is 54.0 Å². The predicted octanol–water partition coefficient (Wildman–Crippen LogP) is 2.12. The van der Waals surface area contributed by atoms with Crippen LogP contribution in [-0.4, -0.2) is 22.3 Å². The maximum absolute atomic E-state index is 6.19. The molecule has 3 aromatic rings. The highest BCUT2D eigenvalue weighted by Crippen LogP contribution is 2.23. The predicted molar refractivity (Wildman–Crippen MR) is 73.1 cm³/mol. The quantitative estimate of drug-likeness (QED) is 0.757. The van der Waals surface area contributed by atoms with Crippen molar-refractivity contribution >= 4 is 0 Å². The van der Waals surface area contributed by atoms with Crippen LogP contribution in [0.4, 0.5) is 0 Å². The van der Waals surface area contributed by atoms with Gasteiger partial charge < -0.3 is 14.9 Å². The highest BCUT2D eigenvalue weighted by molar-refractivity contribution is 5.45. The average molecular weight is 270 g/mol. The van der Waals surface area contributed by atoms with Gasteiger partial charge in [-0.05, 0) is 29.8 Å². The molecular formula is C14H14N4O2. The Morgan fingerprint density at radius 2 is 2.20 bits per heavy atom. The lowest BCUT2D eigenvalue weighted by molar-refractivity contribution is 0.414. The van der Waals surface area contributed by atoms with Crippen molar-refractivity contribution in [3.63, 3.8) is 0 Å². The average Bonchev–Trinajstić information content (AvgIpc) is 3.17. The zero-order chi connectivity index (χ0) is 13.9. The molecule has 2 heterocycles. The first kappa shape index (κ1) is 12.4. The van der Waals surface area contributed by atoms with Crippen LogP contribution in [0, 0.1) is 0 Å². The number of nitrogens with zero attached hydrogens (tertiary/aromatic N) is 2. The number of aromatic amines is 1. The van der Waals surface area contributed by atoms with Crippen molar-refractivity contribution in [1.29, 1.82) is 0 Å². The molecule has 6 nitrogen and oxygen atoms in total. The number of nitrogens with two attached hydrogens (primary N) is 1. The minimum absolute atomic E-state index is 0.402. The van der Waals surface area contributed by atoms with Crippen molar-refractivity contribution in [2.24, 2.45) is 5.73 Å². The zero-order valence-electron chi connectivity index (χ0n) is 10.9. The van der Waals surface area contributed by atoms with Gasteiger partial charge in [-0.25, -0.2) is 4.98 Å². The summed E-state index contributed by atoms with van der Waals surface area (Å²) in [6, 6.07) is 10.7. The summed E-state index contributed by atoms with van der Waals surface area (Å²) in [6.07, 6.45) is 1.58. The van der Waals surface area contributed by atoms with Gasteiger partial charge >= 0.3 is 0 Å². The van der Waals surface area contributed by atoms with Crippen LogP contribution >= 0.6 is 0 Å². The molecule has 0 saturated heterocycles. The lowest BCUT2D eigenvalue weighted by Gasteiger charge is -2.09. The molecule has 0 bridgehead atoms. The zero-order valence-corrected chi connectivity index (χ0v) is 10.9. The van der Waals surface area contributed by atoms with E-state index < -0.39 is 6.04 Å². The summed E-state index contributed by atoms with van der Waals surface area (Å²) < 4.78 is 10.4. The standard InChI is InChI=1S/C14H14N4O2/c1-19-10-5-2-4-9(8-10)12(15)14-16-13(17-18-14)11-6-3-7-20-11/h2-8,12H,15H2,1H3,(H,16,17,18)/t12-/m1/s1. The van der Waals surface area contributed by atoms with Gasteiger partial charge in [0, 0.05) is 0 Å². The van der Waals surface area contributed by atoms with Gasteiger partial charge in [-0.2, -0.15) is 0 Å². The van der Waals surface area contributed by atoms with Crippen molar-refractivity contribution in [1.82, 2.24) is 15.2 Å². The molecule has 1 atom stereocenters. The molecule has 0 unspecified atom stereocenters. The number of hydrogen-bond acceptors (Lipinski definition) is 5. The van der Waals surface area contributed by atoms with E-state index in [0.29, 0.717) is 17.4 Å². The second-order valence-corrected chi connectivity index (χ2v) is 4.28. The van der Waals surface area contributed by atoms with E-state index in [2.05, 4.69) is 15.2 Å². The third kappa shape index (κ3) is 2.28. The van der Waals surface area contributed by atoms with E-state index in [0.717, 1.165) is 11.3 Å². The number of hydrogen-bond donors (Lipinski definition) is 2. The Hall–Kier alpha value is -2.60. The third-order valence-corrected chi connectivity index (χ3v) is 2.99. The molecule has 3 N–H and O–H groups in total. The maximum atomic E-state index is 6.19. The number of furan rings is 1. The molecule has 0 aliphatic carbocycles. The number of ether oxygens (including phenoxy) is 1. The van der Waals surface area contributed by atoms with Crippen LogP contribution in [0.2, 0.25) is 0 Å². The van der Waals surface area contributed by atoms with Crippen molar-refractivity contribution in [2.45, 2.75) is 6.04 Å². The normalized spacial score (nSPS) is 12.3. The molecule has 6 heteroatoms. The fraction of sp³-hybridized carbons (Fsp3) is 0.143. The minimum atomic E-state index is -0.402. The Morgan fingerprint density at radius 3 is 2.95 bits per heavy atom. The van der Waals surface area contributed by atoms with E-state index in [1.54, 1.807) is 25.5 Å². The number of benzene rings is 1. The molecule has 20 heavy (non-hydrogen) atoms. The van der Waals surface area contributed by atoms with Gasteiger partial charge in [0.25, 0.3) is 0 Å². The van der Waals surface area contributed by atoms with Crippen LogP contribution in [0.25, 0.3) is 11.6 Å². The van der Waals surface area contributed by atoms with Crippen LogP contribution in [-0.2, 0) is 0 Å². The molecule has 0 spiro atoms. The van der Waals surface area contributed by atoms with Gasteiger partial charge in [-0.1, -0.05) is 12.1 Å². The summed E-state index contributed by atoms with van der Waals surface area (Å²) in [7, 11) is 1.62. The third-order valence-electron chi connectivity index (χ3n) is 2.99. The molecule has 1 aromatic carbocycles. The molecule has 0 aliphatic rings. The van der Waals surface area contributed by atoms with Gasteiger partial charge in [0.1, 0.15) is 11.6 Å². The molecule has 0 fully saturated rings. The lowest BCUT2D eigenvalue weighted by atomic mass is 10.1. The molecule has 0 radical (unpaired) electrons. The van der Waals surface area contributed by atoms with Crippen LogP contribution in [0.1, 0.15) is 17.4 Å². The first-order chi connectivity index (χ1) is 9.78. The van der Waals surface area contributed by atoms with E-state index >= 15 is 0 Å². The summed E-state index contributed by atoms with van der Waals surface area (Å²) in [4.78, 5) is 4.36. The summed E-state index contributed by atoms with van der Waals surface area (Å²) >= 11 is 0. The van der Waals surface area contributed by atoms with Crippen LogP contribution in [0.15, 0.2) is 47.1 Å². The number of methoxy groups -OCH3 is 1. The Balaban J connectivity index is 1.88. The lowest BCUT2D eigenvalue weighted by Crippen LogP contribution is -2.13. The van der Waals surface area contributed by atoms with Crippen molar-refractivity contribution in [3.8, 4) is 17.3 Å². The largest absolute Gasteiger partial charge is 0.497 e. The van der Waals surface area contributed by atoms with Gasteiger partial charge in [0.05, 0.1) is 19.4 Å². The van der Waals surface area contributed by atoms with E-state index in [9.17, 15) is 0 Å². The van der Waals surface area contributed by atoms with Crippen LogP contribution < -0.4 is 10.5 Å². The molecule has 0 aliphatic heterocycles. The molecule has 0 saturated carbocycles. The molecule has 3 rings (SSSR count). The van der Waals surface area contributed by atoms with E-state index in [-0.39, 0.29) is 0 Å². The van der Waals surface area contributed by atoms with E-state index in [1.807, 2.05) is 24.3 Å². The Kier molecular flexibility index (Phi) is 3.22. The van der Waals surface area contributed by atoms with E-state index in [4.69, 9.17) is 14.9 Å². The Bertz CT molecular complexity index is 691. The highest BCUT2D eigenvalue weighted by atomic mass is 16.5. The fourth-order valence-corrected chi connectivity index (χ4v) is 1.92. The summed E-state index contributed by atoms with van der Waals surface area (Å²) in [5, 5.41) is 6.95. The van der Waals surface area contributed by atoms with Crippen molar-refractivity contribution in [2.75, 3.05) is 7.11 Å². The Morgan fingerprint density at radius 1 is 1.30 bits per heavy atom. The molecule has 0 amide bonds. The summed E-state index contributed by atoms with van der Waals surface area (Å²) in [5.41, 5.74) is 7.08. The Labute approximate surface area is 115 Å². The van der Waals surface area contributed by atoms with Gasteiger partial charge in [-0.15, -0.1) is 5.10 Å². The van der Waals surface area contributed by atoms with Gasteiger partial charge in [-0.3, -0.25) is 5.10 Å². The van der Waals surface area contributed by atoms with Crippen LogP contribution in [0.5, 0.6) is 5.75 Å². The number of H-pyrrole nitrogens is 1. The monoisotopic (exact) mass is 270 g/mol. The summed E-state index contributed by atoms with van der Waals surface area (Å²) in [5.74, 6) is 2.42. The van der Waals surface area contributed by atoms with E-state index in [1.165, 1.54) is 0 Å². The summed E-state index contributed by atoms with van der Waals surface area (Å²) in [6.45, 7) is 0. The van der Waals surface area contributed by atoms with Crippen LogP contribution in [0.3, 0.4) is 0 Å². The second-order valence-electron chi connectivity index (χ2n) is 4.28. The van der Waals surface area contributed by atoms with Gasteiger partial charge in [0.15, 0.2) is 5.76 Å². The second kappa shape index (κ2) is 5.18. The van der Waals surface area contributed by atoms with Crippen molar-refractivity contribution < 1.29 is 9.15 Å². The number of rotatable bonds is 4. The highest BCUT2D eigenvalue weighted by Gasteiger charge is 2.16. The smallest absolute Gasteiger partial charge is 0.216 e. The number of nitrogens with one attached hydrogen (secondary N) is 1. The fourth-order valence-electron chi connectivity index (χ4n) is 1.92. The topological polar surface area (TPSA) is 90.0 Å². The SMILES string of the molecule is COc1cccc([C@@H](N)c2nc(-c3ccco3)n[nH]2)c1. The molecule has 2 aromatic heterocycles. The molecular weight excluding hydrogens is 256 g/mol. The number of aromatic nitrogens is 3. The van der Waals surface area contributed by atoms with Gasteiger partial charge in [0.2, 0.25) is 5.82 Å².